The van der Waals surface area contributed by atoms with Crippen molar-refractivity contribution < 1.29 is 9.84 Å². The highest BCUT2D eigenvalue weighted by atomic mass is 16.5. The van der Waals surface area contributed by atoms with Crippen molar-refractivity contribution in [1.29, 1.82) is 0 Å². The summed E-state index contributed by atoms with van der Waals surface area (Å²) in [5.41, 5.74) is 1.95. The Bertz CT molecular complexity index is 627. The summed E-state index contributed by atoms with van der Waals surface area (Å²) in [4.78, 5) is 0. The summed E-state index contributed by atoms with van der Waals surface area (Å²) in [6.07, 6.45) is 6.87. The van der Waals surface area contributed by atoms with Crippen LogP contribution in [0.1, 0.15) is 37.3 Å². The van der Waals surface area contributed by atoms with Crippen LogP contribution in [0.15, 0.2) is 72.2 Å². The van der Waals surface area contributed by atoms with Crippen molar-refractivity contribution in [3.8, 4) is 0 Å². The quantitative estimate of drug-likeness (QED) is 0.377. The van der Waals surface area contributed by atoms with Crippen molar-refractivity contribution in [2.24, 2.45) is 0 Å². The molecule has 0 aliphatic rings. The molecule has 0 saturated heterocycles. The highest BCUT2D eigenvalue weighted by Crippen LogP contribution is 2.18. The van der Waals surface area contributed by atoms with E-state index in [4.69, 9.17) is 4.74 Å². The van der Waals surface area contributed by atoms with E-state index in [-0.39, 0.29) is 5.76 Å². The lowest BCUT2D eigenvalue weighted by atomic mass is 10.1. The molecule has 0 aliphatic heterocycles. The zero-order valence-electron chi connectivity index (χ0n) is 13.6. The molecule has 2 rings (SSSR count). The molecule has 23 heavy (non-hydrogen) atoms. The van der Waals surface area contributed by atoms with Crippen molar-refractivity contribution in [3.05, 3.63) is 83.3 Å². The Morgan fingerprint density at radius 1 is 0.870 bits per heavy atom. The summed E-state index contributed by atoms with van der Waals surface area (Å²) in [5.74, 6) is 0.660. The third-order valence-electron chi connectivity index (χ3n) is 3.46. The lowest BCUT2D eigenvalue weighted by molar-refractivity contribution is 0.193. The fourth-order valence-electron chi connectivity index (χ4n) is 2.20. The van der Waals surface area contributed by atoms with Gasteiger partial charge in [0.05, 0.1) is 6.61 Å². The molecule has 0 aromatic heterocycles. The van der Waals surface area contributed by atoms with Crippen LogP contribution in [0.3, 0.4) is 0 Å². The SMILES string of the molecule is CCCCCOC(=Cc1ccccc1)C(O)=Cc1ccccc1. The van der Waals surface area contributed by atoms with Crippen molar-refractivity contribution in [1.82, 2.24) is 0 Å². The van der Waals surface area contributed by atoms with E-state index in [1.54, 1.807) is 6.08 Å². The van der Waals surface area contributed by atoms with Gasteiger partial charge in [0, 0.05) is 0 Å². The Morgan fingerprint density at radius 3 is 2.00 bits per heavy atom. The molecular weight excluding hydrogens is 284 g/mol. The average molecular weight is 308 g/mol. The van der Waals surface area contributed by atoms with Crippen molar-refractivity contribution in [2.45, 2.75) is 26.2 Å². The minimum absolute atomic E-state index is 0.150. The number of unbranched alkanes of at least 4 members (excludes halogenated alkanes) is 2. The maximum Gasteiger partial charge on any atom is 0.161 e. The summed E-state index contributed by atoms with van der Waals surface area (Å²) < 4.78 is 5.82. The predicted molar refractivity (Wildman–Crippen MR) is 96.9 cm³/mol. The van der Waals surface area contributed by atoms with Gasteiger partial charge in [0.2, 0.25) is 0 Å². The van der Waals surface area contributed by atoms with Crippen LogP contribution in [0, 0.1) is 0 Å². The molecule has 0 saturated carbocycles. The molecule has 0 aliphatic carbocycles. The third-order valence-corrected chi connectivity index (χ3v) is 3.46. The first-order valence-corrected chi connectivity index (χ1v) is 8.15. The molecule has 2 aromatic carbocycles. The summed E-state index contributed by atoms with van der Waals surface area (Å²) in [7, 11) is 0. The number of aliphatic hydroxyl groups is 1. The Kier molecular flexibility index (Phi) is 6.99. The lowest BCUT2D eigenvalue weighted by Gasteiger charge is -2.10. The number of hydrogen-bond acceptors (Lipinski definition) is 2. The van der Waals surface area contributed by atoms with Crippen LogP contribution in [0.2, 0.25) is 0 Å². The maximum absolute atomic E-state index is 10.4. The molecule has 0 amide bonds. The zero-order valence-corrected chi connectivity index (χ0v) is 13.6. The fourth-order valence-corrected chi connectivity index (χ4v) is 2.20. The summed E-state index contributed by atoms with van der Waals surface area (Å²) >= 11 is 0. The Hall–Kier alpha value is -2.48. The molecule has 0 atom stereocenters. The van der Waals surface area contributed by atoms with E-state index in [0.717, 1.165) is 30.4 Å². The van der Waals surface area contributed by atoms with Crippen molar-refractivity contribution in [2.75, 3.05) is 6.61 Å². The number of aliphatic hydroxyl groups excluding tert-OH is 1. The predicted octanol–water partition coefficient (Wildman–Crippen LogP) is 5.83. The zero-order chi connectivity index (χ0) is 16.3. The lowest BCUT2D eigenvalue weighted by Crippen LogP contribution is -1.98. The van der Waals surface area contributed by atoms with Gasteiger partial charge in [-0.3, -0.25) is 0 Å². The van der Waals surface area contributed by atoms with Gasteiger partial charge in [-0.1, -0.05) is 80.4 Å². The van der Waals surface area contributed by atoms with Gasteiger partial charge < -0.3 is 9.84 Å². The van der Waals surface area contributed by atoms with Crippen LogP contribution >= 0.6 is 0 Å². The largest absolute Gasteiger partial charge is 0.504 e. The van der Waals surface area contributed by atoms with Crippen molar-refractivity contribution in [3.63, 3.8) is 0 Å². The van der Waals surface area contributed by atoms with E-state index in [1.165, 1.54) is 0 Å². The first-order chi connectivity index (χ1) is 11.3. The standard InChI is InChI=1S/C21H24O2/c1-2-3-10-15-23-21(17-19-13-8-5-9-14-19)20(22)16-18-11-6-4-7-12-18/h4-9,11-14,16-17,22H,2-3,10,15H2,1H3. The van der Waals surface area contributed by atoms with E-state index in [9.17, 15) is 5.11 Å². The van der Waals surface area contributed by atoms with Gasteiger partial charge in [0.1, 0.15) is 0 Å². The fraction of sp³-hybridized carbons (Fsp3) is 0.238. The van der Waals surface area contributed by atoms with E-state index in [1.807, 2.05) is 66.7 Å². The van der Waals surface area contributed by atoms with Gasteiger partial charge in [0.15, 0.2) is 11.5 Å². The summed E-state index contributed by atoms with van der Waals surface area (Å²) in [6.45, 7) is 2.77. The first kappa shape index (κ1) is 16.9. The maximum atomic E-state index is 10.4. The van der Waals surface area contributed by atoms with Gasteiger partial charge >= 0.3 is 0 Å². The first-order valence-electron chi connectivity index (χ1n) is 8.15. The molecule has 0 unspecified atom stereocenters. The molecular formula is C21H24O2. The minimum Gasteiger partial charge on any atom is -0.504 e. The molecule has 2 heteroatoms. The molecule has 0 radical (unpaired) electrons. The molecule has 0 spiro atoms. The van der Waals surface area contributed by atoms with E-state index in [2.05, 4.69) is 6.92 Å². The number of benzene rings is 2. The van der Waals surface area contributed by atoms with Crippen LogP contribution in [0.5, 0.6) is 0 Å². The van der Waals surface area contributed by atoms with Gasteiger partial charge in [-0.05, 0) is 29.7 Å². The molecule has 2 nitrogen and oxygen atoms in total. The molecule has 1 N–H and O–H groups in total. The highest BCUT2D eigenvalue weighted by molar-refractivity contribution is 5.62. The topological polar surface area (TPSA) is 29.5 Å². The van der Waals surface area contributed by atoms with Crippen LogP contribution in [-0.2, 0) is 4.74 Å². The van der Waals surface area contributed by atoms with E-state index in [0.29, 0.717) is 12.4 Å². The Balaban J connectivity index is 2.18. The Morgan fingerprint density at radius 2 is 1.43 bits per heavy atom. The van der Waals surface area contributed by atoms with Crippen LogP contribution in [0.4, 0.5) is 0 Å². The minimum atomic E-state index is 0.150. The normalized spacial score (nSPS) is 12.2. The van der Waals surface area contributed by atoms with Crippen LogP contribution < -0.4 is 0 Å². The summed E-state index contributed by atoms with van der Waals surface area (Å²) in [6, 6.07) is 19.6. The third kappa shape index (κ3) is 6.03. The van der Waals surface area contributed by atoms with Gasteiger partial charge in [-0.2, -0.15) is 0 Å². The molecule has 2 aromatic rings. The number of rotatable bonds is 8. The number of hydrogen-bond donors (Lipinski definition) is 1. The van der Waals surface area contributed by atoms with Gasteiger partial charge in [-0.15, -0.1) is 0 Å². The Labute approximate surface area is 138 Å². The van der Waals surface area contributed by atoms with Crippen LogP contribution in [0.25, 0.3) is 12.2 Å². The molecule has 0 bridgehead atoms. The van der Waals surface area contributed by atoms with Gasteiger partial charge in [0.25, 0.3) is 0 Å². The smallest absolute Gasteiger partial charge is 0.161 e. The molecule has 120 valence electrons. The molecule has 0 heterocycles. The van der Waals surface area contributed by atoms with Crippen molar-refractivity contribution >= 4 is 12.2 Å². The number of ether oxygens (including phenoxy) is 1. The second-order valence-corrected chi connectivity index (χ2v) is 5.42. The monoisotopic (exact) mass is 308 g/mol. The second-order valence-electron chi connectivity index (χ2n) is 5.42. The summed E-state index contributed by atoms with van der Waals surface area (Å²) in [5, 5.41) is 10.4. The average Bonchev–Trinajstić information content (AvgIpc) is 2.59. The van der Waals surface area contributed by atoms with E-state index >= 15 is 0 Å². The van der Waals surface area contributed by atoms with Crippen LogP contribution in [-0.4, -0.2) is 11.7 Å². The highest BCUT2D eigenvalue weighted by Gasteiger charge is 2.06. The van der Waals surface area contributed by atoms with Gasteiger partial charge in [-0.25, -0.2) is 0 Å². The molecule has 0 fully saturated rings. The second kappa shape index (κ2) is 9.52. The van der Waals surface area contributed by atoms with E-state index < -0.39 is 0 Å².